The number of hydrogen-bond donors (Lipinski definition) is 0. The Morgan fingerprint density at radius 3 is 2.47 bits per heavy atom. The molecule has 0 saturated carbocycles. The summed E-state index contributed by atoms with van der Waals surface area (Å²) < 4.78 is 38.1. The number of ketones is 1. The molecule has 0 aliphatic heterocycles. The number of thioether (sulfide) groups is 1. The van der Waals surface area contributed by atoms with E-state index < -0.39 is 11.7 Å². The minimum Gasteiger partial charge on any atom is -0.300 e. The van der Waals surface area contributed by atoms with Crippen LogP contribution in [-0.4, -0.2) is 11.5 Å². The van der Waals surface area contributed by atoms with Crippen LogP contribution in [0.25, 0.3) is 0 Å². The summed E-state index contributed by atoms with van der Waals surface area (Å²) in [5.74, 6) is 0.513. The second-order valence-corrected chi connectivity index (χ2v) is 4.97. The first-order valence-electron chi connectivity index (χ1n) is 5.17. The molecule has 1 rings (SSSR count). The second-order valence-electron chi connectivity index (χ2n) is 3.63. The van der Waals surface area contributed by atoms with Gasteiger partial charge in [0, 0.05) is 11.3 Å². The summed E-state index contributed by atoms with van der Waals surface area (Å²) in [4.78, 5) is 11.7. The van der Waals surface area contributed by atoms with Crippen molar-refractivity contribution in [2.24, 2.45) is 0 Å². The Morgan fingerprint density at radius 1 is 1.35 bits per heavy atom. The Bertz CT molecular complexity index is 413. The number of benzene rings is 1. The molecule has 0 saturated heterocycles. The van der Waals surface area contributed by atoms with E-state index in [0.29, 0.717) is 0 Å². The first kappa shape index (κ1) is 14.1. The first-order valence-corrected chi connectivity index (χ1v) is 6.15. The van der Waals surface area contributed by atoms with Crippen LogP contribution >= 0.6 is 11.8 Å². The first-order chi connectivity index (χ1) is 7.84. The number of Topliss-reactive ketones (excluding diaryl/α,β-unsaturated/α-hetero) is 1. The van der Waals surface area contributed by atoms with Crippen LogP contribution in [0.3, 0.4) is 0 Å². The highest BCUT2D eigenvalue weighted by atomic mass is 32.2. The molecule has 0 aliphatic rings. The van der Waals surface area contributed by atoms with Crippen LogP contribution in [0.15, 0.2) is 23.1 Å². The highest BCUT2D eigenvalue weighted by Crippen LogP contribution is 2.34. The zero-order valence-corrected chi connectivity index (χ0v) is 10.4. The topological polar surface area (TPSA) is 17.1 Å². The van der Waals surface area contributed by atoms with Gasteiger partial charge in [-0.1, -0.05) is 6.92 Å². The molecule has 0 radical (unpaired) electrons. The Hall–Kier alpha value is -0.970. The van der Waals surface area contributed by atoms with Gasteiger partial charge in [0.15, 0.2) is 0 Å². The quantitative estimate of drug-likeness (QED) is 0.764. The summed E-state index contributed by atoms with van der Waals surface area (Å²) in [6, 6.07) is 3.95. The SMILES string of the molecule is CCSc1ccc(C(F)(F)F)c(CC(C)=O)c1. The third-order valence-corrected chi connectivity index (χ3v) is 3.01. The van der Waals surface area contributed by atoms with Crippen LogP contribution in [0, 0.1) is 0 Å². The third kappa shape index (κ3) is 4.07. The number of carbonyl (C=O) groups excluding carboxylic acids is 1. The molecule has 1 nitrogen and oxygen atoms in total. The fourth-order valence-corrected chi connectivity index (χ4v) is 2.24. The molecule has 0 bridgehead atoms. The lowest BCUT2D eigenvalue weighted by molar-refractivity contribution is -0.138. The highest BCUT2D eigenvalue weighted by Gasteiger charge is 2.33. The average molecular weight is 262 g/mol. The van der Waals surface area contributed by atoms with Gasteiger partial charge in [-0.3, -0.25) is 4.79 Å². The Balaban J connectivity index is 3.16. The van der Waals surface area contributed by atoms with Gasteiger partial charge in [0.25, 0.3) is 0 Å². The summed E-state index contributed by atoms with van der Waals surface area (Å²) >= 11 is 1.46. The molecule has 0 fully saturated rings. The fourth-order valence-electron chi connectivity index (χ4n) is 1.52. The minimum absolute atomic E-state index is 0.0588. The molecule has 17 heavy (non-hydrogen) atoms. The van der Waals surface area contributed by atoms with Crippen molar-refractivity contribution in [1.29, 1.82) is 0 Å². The molecule has 0 spiro atoms. The fraction of sp³-hybridized carbons (Fsp3) is 0.417. The van der Waals surface area contributed by atoms with Gasteiger partial charge < -0.3 is 0 Å². The van der Waals surface area contributed by atoms with Crippen molar-refractivity contribution in [1.82, 2.24) is 0 Å². The van der Waals surface area contributed by atoms with E-state index in [-0.39, 0.29) is 17.8 Å². The van der Waals surface area contributed by atoms with Crippen molar-refractivity contribution in [3.8, 4) is 0 Å². The largest absolute Gasteiger partial charge is 0.416 e. The van der Waals surface area contributed by atoms with Crippen LogP contribution in [0.4, 0.5) is 13.2 Å². The van der Waals surface area contributed by atoms with Gasteiger partial charge in [-0.2, -0.15) is 13.2 Å². The smallest absolute Gasteiger partial charge is 0.300 e. The molecule has 0 aromatic heterocycles. The van der Waals surface area contributed by atoms with Crippen molar-refractivity contribution < 1.29 is 18.0 Å². The van der Waals surface area contributed by atoms with Gasteiger partial charge in [-0.25, -0.2) is 0 Å². The van der Waals surface area contributed by atoms with E-state index in [9.17, 15) is 18.0 Å². The van der Waals surface area contributed by atoms with E-state index >= 15 is 0 Å². The van der Waals surface area contributed by atoms with Gasteiger partial charge >= 0.3 is 6.18 Å². The zero-order chi connectivity index (χ0) is 13.1. The molecular formula is C12H13F3OS. The van der Waals surface area contributed by atoms with E-state index in [2.05, 4.69) is 0 Å². The predicted molar refractivity (Wildman–Crippen MR) is 62.2 cm³/mol. The summed E-state index contributed by atoms with van der Waals surface area (Å²) in [5.41, 5.74) is -0.656. The number of halogens is 3. The lowest BCUT2D eigenvalue weighted by Gasteiger charge is -2.13. The number of hydrogen-bond acceptors (Lipinski definition) is 2. The van der Waals surface area contributed by atoms with E-state index in [0.717, 1.165) is 16.7 Å². The van der Waals surface area contributed by atoms with Gasteiger partial charge in [0.2, 0.25) is 0 Å². The molecule has 0 amide bonds. The number of carbonyl (C=O) groups is 1. The zero-order valence-electron chi connectivity index (χ0n) is 9.60. The van der Waals surface area contributed by atoms with Gasteiger partial charge in [-0.05, 0) is 36.4 Å². The maximum Gasteiger partial charge on any atom is 0.416 e. The van der Waals surface area contributed by atoms with Gasteiger partial charge in [-0.15, -0.1) is 11.8 Å². The monoisotopic (exact) mass is 262 g/mol. The summed E-state index contributed by atoms with van der Waals surface area (Å²) in [6.07, 6.45) is -4.58. The minimum atomic E-state index is -4.40. The molecule has 0 unspecified atom stereocenters. The Morgan fingerprint density at radius 2 is 2.00 bits per heavy atom. The molecular weight excluding hydrogens is 249 g/mol. The molecule has 0 aliphatic carbocycles. The number of alkyl halides is 3. The summed E-state index contributed by atoms with van der Waals surface area (Å²) in [6.45, 7) is 3.22. The van der Waals surface area contributed by atoms with Gasteiger partial charge in [0.05, 0.1) is 5.56 Å². The maximum atomic E-state index is 12.7. The van der Waals surface area contributed by atoms with Crippen LogP contribution in [0.2, 0.25) is 0 Å². The highest BCUT2D eigenvalue weighted by molar-refractivity contribution is 7.99. The molecule has 5 heteroatoms. The van der Waals surface area contributed by atoms with Crippen LogP contribution in [0.5, 0.6) is 0 Å². The second kappa shape index (κ2) is 5.58. The summed E-state index contributed by atoms with van der Waals surface area (Å²) in [7, 11) is 0. The molecule has 1 aromatic rings. The lowest BCUT2D eigenvalue weighted by atomic mass is 10.0. The normalized spacial score (nSPS) is 11.6. The van der Waals surface area contributed by atoms with E-state index in [1.807, 2.05) is 6.92 Å². The predicted octanol–water partition coefficient (Wildman–Crippen LogP) is 3.95. The van der Waals surface area contributed by atoms with Crippen molar-refractivity contribution in [2.45, 2.75) is 31.3 Å². The van der Waals surface area contributed by atoms with Crippen molar-refractivity contribution in [2.75, 3.05) is 5.75 Å². The Labute approximate surface area is 102 Å². The molecule has 0 N–H and O–H groups in total. The van der Waals surface area contributed by atoms with Crippen molar-refractivity contribution in [3.63, 3.8) is 0 Å². The Kier molecular flexibility index (Phi) is 4.62. The molecule has 0 atom stereocenters. The van der Waals surface area contributed by atoms with Crippen molar-refractivity contribution >= 4 is 17.5 Å². The molecule has 94 valence electrons. The molecule has 1 aromatic carbocycles. The summed E-state index contributed by atoms with van der Waals surface area (Å²) in [5, 5.41) is 0. The van der Waals surface area contributed by atoms with Crippen LogP contribution in [-0.2, 0) is 17.4 Å². The van der Waals surface area contributed by atoms with Crippen molar-refractivity contribution in [3.05, 3.63) is 29.3 Å². The van der Waals surface area contributed by atoms with E-state index in [4.69, 9.17) is 0 Å². The van der Waals surface area contributed by atoms with Crippen LogP contribution in [0.1, 0.15) is 25.0 Å². The van der Waals surface area contributed by atoms with Crippen LogP contribution < -0.4 is 0 Å². The third-order valence-electron chi connectivity index (χ3n) is 2.13. The molecule has 0 heterocycles. The van der Waals surface area contributed by atoms with E-state index in [1.165, 1.54) is 30.8 Å². The maximum absolute atomic E-state index is 12.7. The van der Waals surface area contributed by atoms with E-state index in [1.54, 1.807) is 0 Å². The average Bonchev–Trinajstić information content (AvgIpc) is 2.15. The lowest BCUT2D eigenvalue weighted by Crippen LogP contribution is -2.11. The standard InChI is InChI=1S/C12H13F3OS/c1-3-17-10-4-5-11(12(13,14)15)9(7-10)6-8(2)16/h4-5,7H,3,6H2,1-2H3. The number of rotatable bonds is 4. The van der Waals surface area contributed by atoms with Gasteiger partial charge in [0.1, 0.15) is 5.78 Å².